The molecule has 0 saturated carbocycles. The van der Waals surface area contributed by atoms with Crippen molar-refractivity contribution >= 4 is 27.6 Å². The third-order valence-electron chi connectivity index (χ3n) is 4.76. The van der Waals surface area contributed by atoms with Gasteiger partial charge in [-0.05, 0) is 37.1 Å². The summed E-state index contributed by atoms with van der Waals surface area (Å²) in [6, 6.07) is 6.29. The van der Waals surface area contributed by atoms with Gasteiger partial charge in [-0.25, -0.2) is 8.42 Å². The zero-order chi connectivity index (χ0) is 18.0. The van der Waals surface area contributed by atoms with Gasteiger partial charge in [0.25, 0.3) is 0 Å². The van der Waals surface area contributed by atoms with Gasteiger partial charge in [-0.15, -0.1) is 0 Å². The first-order valence-corrected chi connectivity index (χ1v) is 9.86. The monoisotopic (exact) mass is 366 g/mol. The number of hydrogen-bond donors (Lipinski definition) is 0. The number of rotatable bonds is 4. The molecule has 136 valence electrons. The molecule has 2 fully saturated rings. The summed E-state index contributed by atoms with van der Waals surface area (Å²) in [4.78, 5) is 25.5. The molecule has 0 aliphatic carbocycles. The molecule has 3 rings (SSSR count). The van der Waals surface area contributed by atoms with E-state index in [4.69, 9.17) is 4.74 Å². The molecule has 7 nitrogen and oxygen atoms in total. The number of sulfonamides is 1. The largest absolute Gasteiger partial charge is 0.469 e. The Labute approximate surface area is 147 Å². The number of ether oxygens (including phenoxy) is 1. The van der Waals surface area contributed by atoms with Crippen LogP contribution in [0, 0.1) is 5.92 Å². The molecule has 2 saturated heterocycles. The highest BCUT2D eigenvalue weighted by atomic mass is 32.2. The molecule has 1 aromatic carbocycles. The minimum Gasteiger partial charge on any atom is -0.469 e. The summed E-state index contributed by atoms with van der Waals surface area (Å²) >= 11 is 0. The minimum atomic E-state index is -3.49. The molecule has 2 aliphatic heterocycles. The quantitative estimate of drug-likeness (QED) is 0.752. The number of carbonyl (C=O) groups is 2. The van der Waals surface area contributed by atoms with Crippen molar-refractivity contribution in [2.24, 2.45) is 5.92 Å². The van der Waals surface area contributed by atoms with Crippen molar-refractivity contribution < 1.29 is 22.7 Å². The van der Waals surface area contributed by atoms with Gasteiger partial charge in [-0.3, -0.25) is 9.59 Å². The number of esters is 1. The molecule has 0 spiro atoms. The number of carbonyl (C=O) groups excluding carboxylic acids is 2. The van der Waals surface area contributed by atoms with E-state index >= 15 is 0 Å². The Kier molecular flexibility index (Phi) is 5.10. The van der Waals surface area contributed by atoms with Crippen LogP contribution in [0.5, 0.6) is 0 Å². The van der Waals surface area contributed by atoms with Gasteiger partial charge >= 0.3 is 5.97 Å². The Morgan fingerprint density at radius 3 is 2.36 bits per heavy atom. The number of methoxy groups -OCH3 is 1. The van der Waals surface area contributed by atoms with Crippen molar-refractivity contribution in [3.63, 3.8) is 0 Å². The highest BCUT2D eigenvalue weighted by Gasteiger charge is 2.36. The van der Waals surface area contributed by atoms with Gasteiger partial charge in [-0.1, -0.05) is 6.42 Å². The lowest BCUT2D eigenvalue weighted by molar-refractivity contribution is -0.145. The number of piperidine rings is 1. The van der Waals surface area contributed by atoms with E-state index in [2.05, 4.69) is 0 Å². The van der Waals surface area contributed by atoms with Crippen LogP contribution in [0.1, 0.15) is 25.7 Å². The highest BCUT2D eigenvalue weighted by molar-refractivity contribution is 7.89. The Morgan fingerprint density at radius 1 is 1.12 bits per heavy atom. The topological polar surface area (TPSA) is 84.0 Å². The summed E-state index contributed by atoms with van der Waals surface area (Å²) in [5, 5.41) is 0. The average Bonchev–Trinajstić information content (AvgIpc) is 3.03. The summed E-state index contributed by atoms with van der Waals surface area (Å²) in [7, 11) is -2.19. The van der Waals surface area contributed by atoms with Crippen molar-refractivity contribution in [3.8, 4) is 0 Å². The Hall–Kier alpha value is -1.93. The molecule has 1 atom stereocenters. The smallest absolute Gasteiger partial charge is 0.311 e. The third-order valence-corrected chi connectivity index (χ3v) is 6.67. The molecule has 0 bridgehead atoms. The molecule has 0 N–H and O–H groups in total. The maximum absolute atomic E-state index is 12.6. The van der Waals surface area contributed by atoms with Gasteiger partial charge in [-0.2, -0.15) is 4.31 Å². The zero-order valence-electron chi connectivity index (χ0n) is 14.2. The number of nitrogens with zero attached hydrogens (tertiary/aromatic N) is 2. The van der Waals surface area contributed by atoms with Crippen LogP contribution < -0.4 is 4.90 Å². The van der Waals surface area contributed by atoms with Crippen LogP contribution in [-0.4, -0.2) is 51.3 Å². The van der Waals surface area contributed by atoms with Crippen LogP contribution in [0.3, 0.4) is 0 Å². The molecule has 2 heterocycles. The second-order valence-corrected chi connectivity index (χ2v) is 8.33. The number of amides is 1. The van der Waals surface area contributed by atoms with E-state index in [1.807, 2.05) is 0 Å². The SMILES string of the molecule is COC(=O)[C@@H]1CC(=O)N(c2ccc(S(=O)(=O)N3CCCCC3)cc2)C1. The fourth-order valence-corrected chi connectivity index (χ4v) is 4.85. The van der Waals surface area contributed by atoms with Crippen LogP contribution >= 0.6 is 0 Å². The van der Waals surface area contributed by atoms with E-state index in [-0.39, 0.29) is 23.8 Å². The first-order valence-electron chi connectivity index (χ1n) is 8.42. The second kappa shape index (κ2) is 7.13. The fraction of sp³-hybridized carbons (Fsp3) is 0.529. The molecule has 1 aromatic rings. The molecule has 1 amide bonds. The van der Waals surface area contributed by atoms with E-state index in [0.717, 1.165) is 19.3 Å². The molecule has 0 unspecified atom stereocenters. The maximum Gasteiger partial charge on any atom is 0.311 e. The van der Waals surface area contributed by atoms with Crippen LogP contribution in [0.25, 0.3) is 0 Å². The van der Waals surface area contributed by atoms with Crippen molar-refractivity contribution in [2.45, 2.75) is 30.6 Å². The summed E-state index contributed by atoms with van der Waals surface area (Å²) in [5.74, 6) is -1.04. The average molecular weight is 366 g/mol. The van der Waals surface area contributed by atoms with Gasteiger partial charge in [0.05, 0.1) is 17.9 Å². The first-order chi connectivity index (χ1) is 11.9. The molecule has 25 heavy (non-hydrogen) atoms. The summed E-state index contributed by atoms with van der Waals surface area (Å²) in [6.07, 6.45) is 2.94. The lowest BCUT2D eigenvalue weighted by Gasteiger charge is -2.26. The second-order valence-electron chi connectivity index (χ2n) is 6.39. The molecular formula is C17H22N2O5S. The Balaban J connectivity index is 1.76. The van der Waals surface area contributed by atoms with Gasteiger partial charge in [0.1, 0.15) is 0 Å². The Bertz CT molecular complexity index is 754. The molecule has 0 radical (unpaired) electrons. The van der Waals surface area contributed by atoms with Crippen LogP contribution in [0.4, 0.5) is 5.69 Å². The van der Waals surface area contributed by atoms with Crippen molar-refractivity contribution in [1.29, 1.82) is 0 Å². The lowest BCUT2D eigenvalue weighted by Crippen LogP contribution is -2.35. The summed E-state index contributed by atoms with van der Waals surface area (Å²) in [6.45, 7) is 1.36. The minimum absolute atomic E-state index is 0.112. The molecule has 0 aromatic heterocycles. The lowest BCUT2D eigenvalue weighted by atomic mass is 10.1. The molecule has 2 aliphatic rings. The highest BCUT2D eigenvalue weighted by Crippen LogP contribution is 2.28. The van der Waals surface area contributed by atoms with E-state index < -0.39 is 21.9 Å². The van der Waals surface area contributed by atoms with E-state index in [9.17, 15) is 18.0 Å². The van der Waals surface area contributed by atoms with Gasteiger partial charge in [0, 0.05) is 31.7 Å². The number of benzene rings is 1. The summed E-state index contributed by atoms with van der Waals surface area (Å²) in [5.41, 5.74) is 0.592. The summed E-state index contributed by atoms with van der Waals surface area (Å²) < 4.78 is 31.5. The van der Waals surface area contributed by atoms with Gasteiger partial charge in [0.2, 0.25) is 15.9 Å². The van der Waals surface area contributed by atoms with Gasteiger partial charge < -0.3 is 9.64 Å². The zero-order valence-corrected chi connectivity index (χ0v) is 15.0. The van der Waals surface area contributed by atoms with Crippen molar-refractivity contribution in [2.75, 3.05) is 31.6 Å². The molecular weight excluding hydrogens is 344 g/mol. The third kappa shape index (κ3) is 3.55. The predicted octanol–water partition coefficient (Wildman–Crippen LogP) is 1.39. The number of anilines is 1. The van der Waals surface area contributed by atoms with E-state index in [0.29, 0.717) is 18.8 Å². The predicted molar refractivity (Wildman–Crippen MR) is 91.5 cm³/mol. The van der Waals surface area contributed by atoms with E-state index in [1.54, 1.807) is 12.1 Å². The fourth-order valence-electron chi connectivity index (χ4n) is 3.33. The van der Waals surface area contributed by atoms with E-state index in [1.165, 1.54) is 28.4 Å². The van der Waals surface area contributed by atoms with Crippen molar-refractivity contribution in [1.82, 2.24) is 4.31 Å². The molecule has 8 heteroatoms. The standard InChI is InChI=1S/C17H22N2O5S/c1-24-17(21)13-11-16(20)19(12-13)14-5-7-15(8-6-14)25(22,23)18-9-3-2-4-10-18/h5-8,13H,2-4,9-12H2,1H3/t13-/m1/s1. The number of hydrogen-bond acceptors (Lipinski definition) is 5. The van der Waals surface area contributed by atoms with Crippen LogP contribution in [-0.2, 0) is 24.3 Å². The van der Waals surface area contributed by atoms with Crippen LogP contribution in [0.2, 0.25) is 0 Å². The normalized spacial score (nSPS) is 22.2. The van der Waals surface area contributed by atoms with Gasteiger partial charge in [0.15, 0.2) is 0 Å². The Morgan fingerprint density at radius 2 is 1.76 bits per heavy atom. The maximum atomic E-state index is 12.6. The van der Waals surface area contributed by atoms with Crippen LogP contribution in [0.15, 0.2) is 29.2 Å². The first kappa shape index (κ1) is 17.9. The van der Waals surface area contributed by atoms with Crippen molar-refractivity contribution in [3.05, 3.63) is 24.3 Å².